The van der Waals surface area contributed by atoms with Crippen LogP contribution in [0.3, 0.4) is 0 Å². The summed E-state index contributed by atoms with van der Waals surface area (Å²) in [6, 6.07) is 10.1. The number of hydrogen-bond donors (Lipinski definition) is 2. The second kappa shape index (κ2) is 10.5. The van der Waals surface area contributed by atoms with Crippen molar-refractivity contribution in [2.24, 2.45) is 4.99 Å². The van der Waals surface area contributed by atoms with Crippen LogP contribution in [0.4, 0.5) is 0 Å². The van der Waals surface area contributed by atoms with Crippen LogP contribution in [0, 0.1) is 6.92 Å². The van der Waals surface area contributed by atoms with Crippen LogP contribution in [-0.2, 0) is 13.1 Å². The molecule has 0 aliphatic carbocycles. The lowest BCUT2D eigenvalue weighted by Gasteiger charge is -2.11. The number of guanidine groups is 1. The van der Waals surface area contributed by atoms with Gasteiger partial charge in [-0.2, -0.15) is 0 Å². The van der Waals surface area contributed by atoms with E-state index in [9.17, 15) is 0 Å². The van der Waals surface area contributed by atoms with Gasteiger partial charge in [0, 0.05) is 11.4 Å². The molecule has 4 nitrogen and oxygen atoms in total. The molecule has 126 valence electrons. The zero-order valence-electron chi connectivity index (χ0n) is 13.8. The lowest BCUT2D eigenvalue weighted by Crippen LogP contribution is -2.36. The van der Waals surface area contributed by atoms with Crippen LogP contribution >= 0.6 is 35.3 Å². The molecule has 0 aliphatic rings. The standard InChI is InChI=1S/C17H23N3OS.HI/c1-4-18-17(20-12-16-13(2)8-9-22-16)19-11-14-6-5-7-15(10-14)21-3;/h5-10H,4,11-12H2,1-3H3,(H2,18,19,20);1H. The molecule has 0 saturated carbocycles. The monoisotopic (exact) mass is 445 g/mol. The van der Waals surface area contributed by atoms with Crippen LogP contribution in [0.15, 0.2) is 40.7 Å². The molecule has 23 heavy (non-hydrogen) atoms. The van der Waals surface area contributed by atoms with E-state index >= 15 is 0 Å². The number of nitrogens with one attached hydrogen (secondary N) is 2. The van der Waals surface area contributed by atoms with Crippen LogP contribution in [0.5, 0.6) is 5.75 Å². The normalized spacial score (nSPS) is 10.8. The molecular weight excluding hydrogens is 421 g/mol. The number of ether oxygens (including phenoxy) is 1. The molecule has 6 heteroatoms. The summed E-state index contributed by atoms with van der Waals surface area (Å²) in [4.78, 5) is 5.97. The van der Waals surface area contributed by atoms with E-state index in [2.05, 4.69) is 47.0 Å². The van der Waals surface area contributed by atoms with Gasteiger partial charge in [-0.15, -0.1) is 35.3 Å². The maximum Gasteiger partial charge on any atom is 0.191 e. The molecule has 2 N–H and O–H groups in total. The summed E-state index contributed by atoms with van der Waals surface area (Å²) >= 11 is 1.77. The summed E-state index contributed by atoms with van der Waals surface area (Å²) < 4.78 is 5.24. The topological polar surface area (TPSA) is 45.7 Å². The summed E-state index contributed by atoms with van der Waals surface area (Å²) in [5, 5.41) is 8.77. The highest BCUT2D eigenvalue weighted by Crippen LogP contribution is 2.15. The van der Waals surface area contributed by atoms with Crippen LogP contribution in [-0.4, -0.2) is 19.6 Å². The highest BCUT2D eigenvalue weighted by Gasteiger charge is 2.02. The van der Waals surface area contributed by atoms with Gasteiger partial charge in [-0.05, 0) is 48.6 Å². The Balaban J connectivity index is 0.00000264. The van der Waals surface area contributed by atoms with Gasteiger partial charge in [0.25, 0.3) is 0 Å². The number of halogens is 1. The Labute approximate surface area is 159 Å². The quantitative estimate of drug-likeness (QED) is 0.402. The molecular formula is C17H24IN3OS. The number of hydrogen-bond acceptors (Lipinski definition) is 3. The second-order valence-corrected chi connectivity index (χ2v) is 5.93. The first-order valence-corrected chi connectivity index (χ1v) is 8.29. The minimum Gasteiger partial charge on any atom is -0.497 e. The zero-order chi connectivity index (χ0) is 15.8. The predicted molar refractivity (Wildman–Crippen MR) is 109 cm³/mol. The predicted octanol–water partition coefficient (Wildman–Crippen LogP) is 3.94. The van der Waals surface area contributed by atoms with Crippen LogP contribution < -0.4 is 15.4 Å². The lowest BCUT2D eigenvalue weighted by atomic mass is 10.2. The fourth-order valence-corrected chi connectivity index (χ4v) is 2.88. The molecule has 1 aromatic carbocycles. The van der Waals surface area contributed by atoms with E-state index in [1.54, 1.807) is 18.4 Å². The first-order chi connectivity index (χ1) is 10.7. The Morgan fingerprint density at radius 3 is 2.74 bits per heavy atom. The molecule has 1 heterocycles. The number of methoxy groups -OCH3 is 1. The van der Waals surface area contributed by atoms with Gasteiger partial charge < -0.3 is 15.4 Å². The Hall–Kier alpha value is -1.28. The highest BCUT2D eigenvalue weighted by atomic mass is 127. The van der Waals surface area contributed by atoms with E-state index in [4.69, 9.17) is 4.74 Å². The Kier molecular flexibility index (Phi) is 9.01. The summed E-state index contributed by atoms with van der Waals surface area (Å²) in [6.45, 7) is 6.46. The van der Waals surface area contributed by atoms with Gasteiger partial charge in [-0.1, -0.05) is 12.1 Å². The number of rotatable bonds is 6. The molecule has 0 radical (unpaired) electrons. The maximum atomic E-state index is 5.24. The first kappa shape index (κ1) is 19.8. The van der Waals surface area contributed by atoms with E-state index in [0.717, 1.165) is 30.4 Å². The lowest BCUT2D eigenvalue weighted by molar-refractivity contribution is 0.414. The molecule has 0 bridgehead atoms. The van der Waals surface area contributed by atoms with Crippen LogP contribution in [0.2, 0.25) is 0 Å². The van der Waals surface area contributed by atoms with Crippen molar-refractivity contribution in [2.45, 2.75) is 26.9 Å². The molecule has 0 unspecified atom stereocenters. The fraction of sp³-hybridized carbons (Fsp3) is 0.353. The van der Waals surface area contributed by atoms with Gasteiger partial charge in [-0.3, -0.25) is 0 Å². The van der Waals surface area contributed by atoms with Crippen molar-refractivity contribution in [1.29, 1.82) is 0 Å². The SMILES string of the molecule is CCNC(=NCc1cccc(OC)c1)NCc1sccc1C.I. The number of benzene rings is 1. The molecule has 0 amide bonds. The van der Waals surface area contributed by atoms with Crippen LogP contribution in [0.1, 0.15) is 22.9 Å². The van der Waals surface area contributed by atoms with Gasteiger partial charge in [0.15, 0.2) is 5.96 Å². The summed E-state index contributed by atoms with van der Waals surface area (Å²) in [5.41, 5.74) is 2.45. The van der Waals surface area contributed by atoms with Crippen molar-refractivity contribution in [3.63, 3.8) is 0 Å². The van der Waals surface area contributed by atoms with Gasteiger partial charge in [0.2, 0.25) is 0 Å². The molecule has 0 aliphatic heterocycles. The third kappa shape index (κ3) is 6.39. The summed E-state index contributed by atoms with van der Waals surface area (Å²) in [7, 11) is 1.68. The third-order valence-corrected chi connectivity index (χ3v) is 4.31. The van der Waals surface area contributed by atoms with E-state index in [0.29, 0.717) is 6.54 Å². The minimum atomic E-state index is 0. The van der Waals surface area contributed by atoms with E-state index in [1.807, 2.05) is 18.2 Å². The van der Waals surface area contributed by atoms with Gasteiger partial charge >= 0.3 is 0 Å². The van der Waals surface area contributed by atoms with E-state index in [-0.39, 0.29) is 24.0 Å². The number of aryl methyl sites for hydroxylation is 1. The Bertz CT molecular complexity index is 628. The first-order valence-electron chi connectivity index (χ1n) is 7.41. The molecule has 2 aromatic rings. The second-order valence-electron chi connectivity index (χ2n) is 4.93. The molecule has 2 rings (SSSR count). The van der Waals surface area contributed by atoms with Crippen molar-refractivity contribution in [3.05, 3.63) is 51.7 Å². The molecule has 0 atom stereocenters. The van der Waals surface area contributed by atoms with E-state index < -0.39 is 0 Å². The van der Waals surface area contributed by atoms with E-state index in [1.165, 1.54) is 10.4 Å². The maximum absolute atomic E-state index is 5.24. The fourth-order valence-electron chi connectivity index (χ4n) is 2.03. The highest BCUT2D eigenvalue weighted by molar-refractivity contribution is 14.0. The van der Waals surface area contributed by atoms with Crippen molar-refractivity contribution in [2.75, 3.05) is 13.7 Å². The summed E-state index contributed by atoms with van der Waals surface area (Å²) in [5.74, 6) is 1.69. The van der Waals surface area contributed by atoms with Gasteiger partial charge in [0.1, 0.15) is 5.75 Å². The van der Waals surface area contributed by atoms with Crippen molar-refractivity contribution in [1.82, 2.24) is 10.6 Å². The largest absolute Gasteiger partial charge is 0.497 e. The Morgan fingerprint density at radius 1 is 1.26 bits per heavy atom. The van der Waals surface area contributed by atoms with Crippen molar-refractivity contribution < 1.29 is 4.74 Å². The Morgan fingerprint density at radius 2 is 2.09 bits per heavy atom. The third-order valence-electron chi connectivity index (χ3n) is 3.28. The number of nitrogens with zero attached hydrogens (tertiary/aromatic N) is 1. The molecule has 0 spiro atoms. The number of aliphatic imine (C=N–C) groups is 1. The molecule has 1 aromatic heterocycles. The van der Waals surface area contributed by atoms with Gasteiger partial charge in [0.05, 0.1) is 20.2 Å². The average Bonchev–Trinajstić information content (AvgIpc) is 2.95. The minimum absolute atomic E-state index is 0. The van der Waals surface area contributed by atoms with Gasteiger partial charge in [-0.25, -0.2) is 4.99 Å². The molecule has 0 fully saturated rings. The van der Waals surface area contributed by atoms with Crippen LogP contribution in [0.25, 0.3) is 0 Å². The summed E-state index contributed by atoms with van der Waals surface area (Å²) in [6.07, 6.45) is 0. The molecule has 0 saturated heterocycles. The average molecular weight is 445 g/mol. The number of thiophene rings is 1. The van der Waals surface area contributed by atoms with Crippen molar-refractivity contribution >= 4 is 41.3 Å². The smallest absolute Gasteiger partial charge is 0.191 e. The zero-order valence-corrected chi connectivity index (χ0v) is 16.9. The van der Waals surface area contributed by atoms with Crippen molar-refractivity contribution in [3.8, 4) is 5.75 Å².